The summed E-state index contributed by atoms with van der Waals surface area (Å²) in [6.07, 6.45) is 0. The van der Waals surface area contributed by atoms with Crippen molar-refractivity contribution in [2.24, 2.45) is 0 Å². The van der Waals surface area contributed by atoms with Gasteiger partial charge in [0.2, 0.25) is 24.5 Å². The van der Waals surface area contributed by atoms with Gasteiger partial charge in [0.25, 0.3) is 28.9 Å². The fourth-order valence-corrected chi connectivity index (χ4v) is 6.40. The van der Waals surface area contributed by atoms with Gasteiger partial charge in [-0.15, -0.1) is 0 Å². The number of hydrogen-bond acceptors (Lipinski definition) is 0. The molecule has 3 nitrogen and oxygen atoms in total. The van der Waals surface area contributed by atoms with Gasteiger partial charge >= 0.3 is 0 Å². The van der Waals surface area contributed by atoms with Crippen molar-refractivity contribution < 1.29 is 13.7 Å². The fraction of sp³-hybridized carbons (Fsp3) is 0.139. The summed E-state index contributed by atoms with van der Waals surface area (Å²) in [6, 6.07) is 46.2. The van der Waals surface area contributed by atoms with Crippen molar-refractivity contribution in [1.82, 2.24) is 0 Å². The van der Waals surface area contributed by atoms with Crippen LogP contribution in [0.4, 0.5) is 11.4 Å². The number of hydrogen-bond donors (Lipinski definition) is 0. The first-order chi connectivity index (χ1) is 19.2. The van der Waals surface area contributed by atoms with Crippen LogP contribution in [0, 0.1) is 0 Å². The van der Waals surface area contributed by atoms with Crippen LogP contribution in [0.3, 0.4) is 0 Å². The average Bonchev–Trinajstić information content (AvgIpc) is 3.01. The van der Waals surface area contributed by atoms with Gasteiger partial charge in [-0.25, -0.2) is 0 Å². The first-order valence-corrected chi connectivity index (χ1v) is 13.8. The smallest absolute Gasteiger partial charge is 0.183 e. The van der Waals surface area contributed by atoms with Gasteiger partial charge in [-0.2, -0.15) is 13.7 Å². The van der Waals surface area contributed by atoms with Crippen molar-refractivity contribution in [3.05, 3.63) is 139 Å². The van der Waals surface area contributed by atoms with Crippen LogP contribution in [0.25, 0.3) is 22.3 Å². The van der Waals surface area contributed by atoms with E-state index in [9.17, 15) is 0 Å². The highest BCUT2D eigenvalue weighted by Gasteiger charge is 2.48. The predicted octanol–water partition coefficient (Wildman–Crippen LogP) is 7.18. The van der Waals surface area contributed by atoms with Crippen LogP contribution in [-0.2, 0) is 0 Å². The van der Waals surface area contributed by atoms with Gasteiger partial charge in [0.1, 0.15) is 0 Å². The number of benzene rings is 4. The molecule has 0 unspecified atom stereocenters. The molecule has 1 aromatic heterocycles. The minimum atomic E-state index is 0.302. The maximum absolute atomic E-state index is 2.58. The van der Waals surface area contributed by atoms with Crippen LogP contribution in [0.2, 0.25) is 0 Å². The van der Waals surface area contributed by atoms with Crippen LogP contribution in [-0.4, -0.2) is 33.7 Å². The molecule has 0 amide bonds. The van der Waals surface area contributed by atoms with E-state index in [-0.39, 0.29) is 0 Å². The minimum absolute atomic E-state index is 0.302. The van der Waals surface area contributed by atoms with Gasteiger partial charge in [0, 0.05) is 38.1 Å². The van der Waals surface area contributed by atoms with E-state index in [2.05, 4.69) is 155 Å². The Bertz CT molecular complexity index is 1640. The van der Waals surface area contributed by atoms with Gasteiger partial charge < -0.3 is 0 Å². The van der Waals surface area contributed by atoms with Gasteiger partial charge in [-0.05, 0) is 29.3 Å². The highest BCUT2D eigenvalue weighted by Crippen LogP contribution is 2.35. The fourth-order valence-electron chi connectivity index (χ4n) is 6.40. The topological polar surface area (TPSA) is 9.90 Å². The molecule has 3 heteroatoms. The summed E-state index contributed by atoms with van der Waals surface area (Å²) in [7, 11) is 0. The van der Waals surface area contributed by atoms with Crippen LogP contribution in [0.1, 0.15) is 31.3 Å². The lowest BCUT2D eigenvalue weighted by atomic mass is 9.98. The summed E-state index contributed by atoms with van der Waals surface area (Å²) in [5.41, 5.74) is 12.7. The molecule has 5 aromatic rings. The second-order valence-corrected chi connectivity index (χ2v) is 10.5. The van der Waals surface area contributed by atoms with E-state index in [4.69, 9.17) is 0 Å². The zero-order valence-electron chi connectivity index (χ0n) is 22.5. The first-order valence-electron chi connectivity index (χ1n) is 13.8. The molecule has 2 aliphatic rings. The molecule has 7 rings (SSSR count). The highest BCUT2D eigenvalue weighted by atomic mass is 15.2. The Morgan fingerprint density at radius 1 is 0.462 bits per heavy atom. The number of aromatic nitrogens is 1. The zero-order chi connectivity index (χ0) is 26.3. The quantitative estimate of drug-likeness (QED) is 0.229. The van der Waals surface area contributed by atoms with Gasteiger partial charge in [-0.1, -0.05) is 84.9 Å². The molecule has 0 atom stereocenters. The van der Waals surface area contributed by atoms with Gasteiger partial charge in [0.05, 0.1) is 11.1 Å². The lowest BCUT2D eigenvalue weighted by Crippen LogP contribution is -2.61. The minimum Gasteiger partial charge on any atom is -0.183 e. The Morgan fingerprint density at radius 2 is 0.872 bits per heavy atom. The van der Waals surface area contributed by atoms with Gasteiger partial charge in [0.15, 0.2) is 0 Å². The number of para-hydroxylation sites is 2. The van der Waals surface area contributed by atoms with Crippen molar-refractivity contribution in [2.75, 3.05) is 13.1 Å². The highest BCUT2D eigenvalue weighted by molar-refractivity contribution is 5.96. The van der Waals surface area contributed by atoms with Crippen LogP contribution >= 0.6 is 0 Å². The molecule has 0 fully saturated rings. The standard InChI is InChI=1S/C36H32N3/c1-26-33-22-13-23-34-27(2)38(36-21-12-10-19-32(36)29-16-7-4-8-17-29)25-30(39(33)34)24-37(26)35-20-11-9-18-31(35)28-14-5-3-6-15-28/h3-23,30H,24-25H2,1-2H3/q+3. The first kappa shape index (κ1) is 23.5. The largest absolute Gasteiger partial charge is 0.275 e. The Labute approximate surface area is 230 Å². The molecule has 2 aliphatic heterocycles. The molecule has 0 saturated carbocycles. The van der Waals surface area contributed by atoms with E-state index in [1.54, 1.807) is 0 Å². The van der Waals surface area contributed by atoms with Crippen molar-refractivity contribution in [2.45, 2.75) is 19.9 Å². The SMILES string of the molecule is CC1=[N+](c2ccccc2-c2ccccc2)CC2C[N+](c3ccccc3-c3ccccc3)=C(C)c3cccc1[n+]32. The lowest BCUT2D eigenvalue weighted by Gasteiger charge is -2.24. The maximum Gasteiger partial charge on any atom is 0.275 e. The van der Waals surface area contributed by atoms with E-state index < -0.39 is 0 Å². The zero-order valence-corrected chi connectivity index (χ0v) is 22.5. The Hall–Kier alpha value is -4.63. The summed E-state index contributed by atoms with van der Waals surface area (Å²) in [4.78, 5) is 0. The van der Waals surface area contributed by atoms with E-state index in [1.807, 2.05) is 0 Å². The van der Waals surface area contributed by atoms with Crippen LogP contribution < -0.4 is 4.57 Å². The summed E-state index contributed by atoms with van der Waals surface area (Å²) in [5, 5.41) is 0. The number of nitrogens with zero attached hydrogens (tertiary/aromatic N) is 3. The number of pyridine rings is 1. The molecule has 0 saturated heterocycles. The third kappa shape index (κ3) is 3.93. The molecular weight excluding hydrogens is 474 g/mol. The van der Waals surface area contributed by atoms with Crippen LogP contribution in [0.5, 0.6) is 0 Å². The summed E-state index contributed by atoms with van der Waals surface area (Å²) in [6.45, 7) is 6.38. The maximum atomic E-state index is 2.58. The second kappa shape index (κ2) is 9.59. The van der Waals surface area contributed by atoms with Crippen molar-refractivity contribution in [3.8, 4) is 22.3 Å². The summed E-state index contributed by atoms with van der Waals surface area (Å²) in [5.74, 6) is 0. The van der Waals surface area contributed by atoms with Crippen molar-refractivity contribution in [1.29, 1.82) is 0 Å². The molecule has 188 valence electrons. The normalized spacial score (nSPS) is 14.9. The molecule has 0 N–H and O–H groups in total. The van der Waals surface area contributed by atoms with Gasteiger partial charge in [-0.3, -0.25) is 0 Å². The van der Waals surface area contributed by atoms with E-state index >= 15 is 0 Å². The third-order valence-electron chi connectivity index (χ3n) is 8.29. The Kier molecular flexibility index (Phi) is 5.78. The number of rotatable bonds is 4. The Morgan fingerprint density at radius 3 is 1.33 bits per heavy atom. The van der Waals surface area contributed by atoms with Crippen LogP contribution in [0.15, 0.2) is 127 Å². The summed E-state index contributed by atoms with van der Waals surface area (Å²) >= 11 is 0. The monoisotopic (exact) mass is 506 g/mol. The molecule has 39 heavy (non-hydrogen) atoms. The molecule has 0 radical (unpaired) electrons. The van der Waals surface area contributed by atoms with Crippen molar-refractivity contribution in [3.63, 3.8) is 0 Å². The van der Waals surface area contributed by atoms with E-state index in [0.29, 0.717) is 6.04 Å². The summed E-state index contributed by atoms with van der Waals surface area (Å²) < 4.78 is 7.65. The third-order valence-corrected chi connectivity index (χ3v) is 8.29. The average molecular weight is 507 g/mol. The van der Waals surface area contributed by atoms with E-state index in [1.165, 1.54) is 56.4 Å². The second-order valence-electron chi connectivity index (χ2n) is 10.5. The molecular formula is C36H32N3+3. The Balaban J connectivity index is 1.38. The molecule has 4 aromatic carbocycles. The van der Waals surface area contributed by atoms with E-state index in [0.717, 1.165) is 13.1 Å². The van der Waals surface area contributed by atoms with Crippen molar-refractivity contribution >= 4 is 22.8 Å². The predicted molar refractivity (Wildman–Crippen MR) is 159 cm³/mol. The molecule has 0 spiro atoms. The molecule has 3 heterocycles. The molecule has 0 bridgehead atoms. The molecule has 0 aliphatic carbocycles. The lowest BCUT2D eigenvalue weighted by molar-refractivity contribution is -0.781.